The van der Waals surface area contributed by atoms with E-state index in [1.165, 1.54) is 34.3 Å². The summed E-state index contributed by atoms with van der Waals surface area (Å²) < 4.78 is 14.5. The zero-order chi connectivity index (χ0) is 19.9. The third-order valence-corrected chi connectivity index (χ3v) is 3.42. The van der Waals surface area contributed by atoms with E-state index in [9.17, 15) is 25.0 Å². The molecule has 0 aliphatic carbocycles. The summed E-state index contributed by atoms with van der Waals surface area (Å²) in [6.07, 6.45) is -0.685. The highest BCUT2D eigenvalue weighted by Crippen LogP contribution is 2.36. The monoisotopic (exact) mass is 372 g/mol. The van der Waals surface area contributed by atoms with E-state index < -0.39 is 39.5 Å². The lowest BCUT2D eigenvalue weighted by atomic mass is 10.2. The van der Waals surface area contributed by atoms with Crippen molar-refractivity contribution < 1.29 is 28.9 Å². The van der Waals surface area contributed by atoms with Gasteiger partial charge in [0.15, 0.2) is 6.29 Å². The van der Waals surface area contributed by atoms with Crippen LogP contribution in [-0.4, -0.2) is 56.0 Å². The molecule has 0 spiro atoms. The summed E-state index contributed by atoms with van der Waals surface area (Å²) in [5, 5.41) is 27.9. The van der Waals surface area contributed by atoms with Gasteiger partial charge < -0.3 is 24.8 Å². The molecule has 12 heteroatoms. The molecular formula is C14H20N4O8. The van der Waals surface area contributed by atoms with Gasteiger partial charge in [0.05, 0.1) is 29.6 Å². The topological polar surface area (TPSA) is 155 Å². The quantitative estimate of drug-likeness (QED) is 0.267. The number of nitrogens with one attached hydrogen (secondary N) is 2. The molecule has 144 valence electrons. The number of nitrogens with zero attached hydrogens (tertiary/aromatic N) is 2. The van der Waals surface area contributed by atoms with E-state index in [0.717, 1.165) is 6.07 Å². The van der Waals surface area contributed by atoms with Crippen LogP contribution in [0, 0.1) is 20.2 Å². The van der Waals surface area contributed by atoms with Crippen LogP contribution in [-0.2, 0) is 19.0 Å². The van der Waals surface area contributed by atoms with Crippen molar-refractivity contribution in [3.63, 3.8) is 0 Å². The molecule has 0 aromatic heterocycles. The summed E-state index contributed by atoms with van der Waals surface area (Å²) in [5.41, 5.74) is -1.13. The van der Waals surface area contributed by atoms with Crippen molar-refractivity contribution in [2.75, 3.05) is 38.5 Å². The number of carbonyl (C=O) groups is 1. The number of nitro benzene ring substituents is 2. The van der Waals surface area contributed by atoms with Gasteiger partial charge in [0.25, 0.3) is 11.4 Å². The maximum absolute atomic E-state index is 11.5. The van der Waals surface area contributed by atoms with E-state index in [-0.39, 0.29) is 17.9 Å². The van der Waals surface area contributed by atoms with Gasteiger partial charge in [0.1, 0.15) is 17.4 Å². The van der Waals surface area contributed by atoms with Crippen molar-refractivity contribution >= 4 is 28.7 Å². The first-order valence-electron chi connectivity index (χ1n) is 7.35. The molecule has 0 radical (unpaired) electrons. The molecule has 12 nitrogen and oxygen atoms in total. The highest BCUT2D eigenvalue weighted by Gasteiger charge is 2.27. The summed E-state index contributed by atoms with van der Waals surface area (Å²) in [6, 6.07) is 1.08. The third-order valence-electron chi connectivity index (χ3n) is 3.42. The number of esters is 1. The van der Waals surface area contributed by atoms with Crippen LogP contribution in [0.15, 0.2) is 12.1 Å². The van der Waals surface area contributed by atoms with Gasteiger partial charge in [0, 0.05) is 14.2 Å². The van der Waals surface area contributed by atoms with Gasteiger partial charge >= 0.3 is 5.97 Å². The molecule has 1 unspecified atom stereocenters. The fraction of sp³-hybridized carbons (Fsp3) is 0.500. The smallest absolute Gasteiger partial charge is 0.327 e. The van der Waals surface area contributed by atoms with Gasteiger partial charge in [0.2, 0.25) is 0 Å². The largest absolute Gasteiger partial charge is 0.467 e. The van der Waals surface area contributed by atoms with Crippen LogP contribution in [0.5, 0.6) is 0 Å². The van der Waals surface area contributed by atoms with Crippen LogP contribution in [0.1, 0.15) is 6.92 Å². The fourth-order valence-corrected chi connectivity index (χ4v) is 2.06. The van der Waals surface area contributed by atoms with Crippen LogP contribution in [0.3, 0.4) is 0 Å². The summed E-state index contributed by atoms with van der Waals surface area (Å²) in [7, 11) is 3.96. The Balaban J connectivity index is 3.29. The lowest BCUT2D eigenvalue weighted by Gasteiger charge is -2.17. The first-order chi connectivity index (χ1) is 12.2. The van der Waals surface area contributed by atoms with Crippen LogP contribution in [0.25, 0.3) is 0 Å². The molecule has 0 aliphatic heterocycles. The van der Waals surface area contributed by atoms with Gasteiger partial charge in [-0.25, -0.2) is 4.79 Å². The van der Waals surface area contributed by atoms with E-state index in [1.807, 2.05) is 0 Å². The van der Waals surface area contributed by atoms with Gasteiger partial charge in [-0.05, 0) is 13.0 Å². The number of carbonyl (C=O) groups excluding carboxylic acids is 1. The normalized spacial score (nSPS) is 11.7. The third kappa shape index (κ3) is 5.26. The van der Waals surface area contributed by atoms with Gasteiger partial charge in [-0.15, -0.1) is 0 Å². The second kappa shape index (κ2) is 9.48. The predicted molar refractivity (Wildman–Crippen MR) is 91.1 cm³/mol. The fourth-order valence-electron chi connectivity index (χ4n) is 2.06. The van der Waals surface area contributed by atoms with Crippen LogP contribution in [0.2, 0.25) is 0 Å². The number of anilines is 2. The molecule has 0 fully saturated rings. The molecule has 1 aromatic rings. The Kier molecular flexibility index (Phi) is 7.68. The Morgan fingerprint density at radius 3 is 2.08 bits per heavy atom. The molecule has 0 aliphatic rings. The van der Waals surface area contributed by atoms with Crippen molar-refractivity contribution in [1.29, 1.82) is 0 Å². The van der Waals surface area contributed by atoms with Crippen LogP contribution in [0.4, 0.5) is 22.7 Å². The molecule has 1 rings (SSSR count). The molecular weight excluding hydrogens is 352 g/mol. The SMILES string of the molecule is COC(=O)C(C)Nc1cc(NCC(OC)OC)c([N+](=O)[O-])cc1[N+](=O)[O-]. The van der Waals surface area contributed by atoms with E-state index in [1.54, 1.807) is 0 Å². The number of nitro groups is 2. The second-order valence-electron chi connectivity index (χ2n) is 5.07. The summed E-state index contributed by atoms with van der Waals surface area (Å²) in [5.74, 6) is -0.647. The van der Waals surface area contributed by atoms with Crippen molar-refractivity contribution in [3.8, 4) is 0 Å². The van der Waals surface area contributed by atoms with Crippen molar-refractivity contribution in [3.05, 3.63) is 32.4 Å². The number of rotatable bonds is 10. The van der Waals surface area contributed by atoms with Crippen molar-refractivity contribution in [2.45, 2.75) is 19.3 Å². The van der Waals surface area contributed by atoms with Crippen molar-refractivity contribution in [2.24, 2.45) is 0 Å². The van der Waals surface area contributed by atoms with Crippen LogP contribution >= 0.6 is 0 Å². The summed E-state index contributed by atoms with van der Waals surface area (Å²) in [6.45, 7) is 1.49. The zero-order valence-corrected chi connectivity index (χ0v) is 14.7. The second-order valence-corrected chi connectivity index (χ2v) is 5.07. The Morgan fingerprint density at radius 2 is 1.62 bits per heavy atom. The molecule has 0 heterocycles. The minimum atomic E-state index is -0.904. The number of ether oxygens (including phenoxy) is 3. The number of hydrogen-bond acceptors (Lipinski definition) is 10. The van der Waals surface area contributed by atoms with E-state index in [0.29, 0.717) is 0 Å². The molecule has 0 saturated heterocycles. The van der Waals surface area contributed by atoms with Gasteiger partial charge in [-0.2, -0.15) is 0 Å². The van der Waals surface area contributed by atoms with Gasteiger partial charge in [-0.1, -0.05) is 0 Å². The summed E-state index contributed by atoms with van der Waals surface area (Å²) in [4.78, 5) is 32.5. The lowest BCUT2D eigenvalue weighted by molar-refractivity contribution is -0.393. The number of hydrogen-bond donors (Lipinski definition) is 2. The lowest BCUT2D eigenvalue weighted by Crippen LogP contribution is -2.28. The maximum Gasteiger partial charge on any atom is 0.327 e. The zero-order valence-electron chi connectivity index (χ0n) is 14.7. The van der Waals surface area contributed by atoms with Crippen molar-refractivity contribution in [1.82, 2.24) is 0 Å². The Morgan fingerprint density at radius 1 is 1.08 bits per heavy atom. The molecule has 1 atom stereocenters. The average molecular weight is 372 g/mol. The molecule has 2 N–H and O–H groups in total. The maximum atomic E-state index is 11.5. The predicted octanol–water partition coefficient (Wildman–Crippen LogP) is 1.51. The first-order valence-corrected chi connectivity index (χ1v) is 7.35. The molecule has 26 heavy (non-hydrogen) atoms. The standard InChI is InChI=1S/C14H20N4O8/c1-8(14(19)26-4)16-10-5-9(15-7-13(24-2)25-3)11(17(20)21)6-12(10)18(22)23/h5-6,8,13,15-16H,7H2,1-4H3. The molecule has 1 aromatic carbocycles. The minimum absolute atomic E-state index is 0.000680. The molecule has 0 saturated carbocycles. The average Bonchev–Trinajstić information content (AvgIpc) is 2.61. The van der Waals surface area contributed by atoms with E-state index in [4.69, 9.17) is 9.47 Å². The van der Waals surface area contributed by atoms with E-state index in [2.05, 4.69) is 15.4 Å². The minimum Gasteiger partial charge on any atom is -0.467 e. The number of methoxy groups -OCH3 is 3. The molecule has 0 bridgehead atoms. The Labute approximate surface area is 148 Å². The Hall–Kier alpha value is -2.99. The highest BCUT2D eigenvalue weighted by molar-refractivity contribution is 5.83. The highest BCUT2D eigenvalue weighted by atomic mass is 16.7. The van der Waals surface area contributed by atoms with Gasteiger partial charge in [-0.3, -0.25) is 20.2 Å². The number of benzene rings is 1. The van der Waals surface area contributed by atoms with E-state index >= 15 is 0 Å². The first kappa shape index (κ1) is 21.1. The Bertz CT molecular complexity index is 677. The summed E-state index contributed by atoms with van der Waals surface area (Å²) >= 11 is 0. The molecule has 0 amide bonds. The van der Waals surface area contributed by atoms with Crippen LogP contribution < -0.4 is 10.6 Å².